The summed E-state index contributed by atoms with van der Waals surface area (Å²) in [6.07, 6.45) is 1.68. The van der Waals surface area contributed by atoms with Gasteiger partial charge >= 0.3 is 0 Å². The van der Waals surface area contributed by atoms with Crippen LogP contribution in [-0.2, 0) is 4.79 Å². The summed E-state index contributed by atoms with van der Waals surface area (Å²) in [5.74, 6) is -0.132. The van der Waals surface area contributed by atoms with Crippen molar-refractivity contribution in [2.45, 2.75) is 25.4 Å². The average Bonchev–Trinajstić information content (AvgIpc) is 3.09. The van der Waals surface area contributed by atoms with Crippen LogP contribution in [0.15, 0.2) is 58.5 Å². The van der Waals surface area contributed by atoms with Crippen LogP contribution in [0.25, 0.3) is 0 Å². The Morgan fingerprint density at radius 3 is 2.43 bits per heavy atom. The number of halogens is 1. The molecule has 0 bridgehead atoms. The number of nitrogens with one attached hydrogen (secondary N) is 1. The molecule has 0 unspecified atom stereocenters. The first-order valence-electron chi connectivity index (χ1n) is 10.1. The molecule has 0 saturated carbocycles. The molecule has 0 aliphatic carbocycles. The fourth-order valence-electron chi connectivity index (χ4n) is 3.59. The van der Waals surface area contributed by atoms with Crippen LogP contribution in [-0.4, -0.2) is 53.1 Å². The molecule has 7 heteroatoms. The topological polar surface area (TPSA) is 57.1 Å². The zero-order chi connectivity index (χ0) is 21.1. The summed E-state index contributed by atoms with van der Waals surface area (Å²) in [7, 11) is 2.10. The van der Waals surface area contributed by atoms with Gasteiger partial charge in [-0.05, 0) is 50.4 Å². The Morgan fingerprint density at radius 2 is 1.77 bits per heavy atom. The van der Waals surface area contributed by atoms with Crippen molar-refractivity contribution >= 4 is 34.1 Å². The predicted octanol–water partition coefficient (Wildman–Crippen LogP) is 4.13. The van der Waals surface area contributed by atoms with E-state index < -0.39 is 5.66 Å². The van der Waals surface area contributed by atoms with Crippen molar-refractivity contribution in [1.29, 1.82) is 0 Å². The lowest BCUT2D eigenvalue weighted by Crippen LogP contribution is -2.39. The number of amides is 1. The van der Waals surface area contributed by atoms with Gasteiger partial charge < -0.3 is 10.2 Å². The third-order valence-electron chi connectivity index (χ3n) is 5.41. The molecule has 156 valence electrons. The van der Waals surface area contributed by atoms with E-state index in [1.54, 1.807) is 12.1 Å². The Kier molecular flexibility index (Phi) is 6.01. The Labute approximate surface area is 180 Å². The van der Waals surface area contributed by atoms with Crippen molar-refractivity contribution < 1.29 is 9.18 Å². The molecule has 1 fully saturated rings. The number of anilines is 1. The normalized spacial score (nSPS) is 18.2. The smallest absolute Gasteiger partial charge is 0.234 e. The quantitative estimate of drug-likeness (QED) is 0.803. The molecule has 2 aliphatic heterocycles. The third kappa shape index (κ3) is 4.79. The molecule has 30 heavy (non-hydrogen) atoms. The maximum Gasteiger partial charge on any atom is 0.234 e. The van der Waals surface area contributed by atoms with E-state index in [0.717, 1.165) is 53.5 Å². The second-order valence-corrected chi connectivity index (χ2v) is 8.84. The molecule has 2 aromatic carbocycles. The van der Waals surface area contributed by atoms with Crippen molar-refractivity contribution in [2.24, 2.45) is 9.98 Å². The van der Waals surface area contributed by atoms with Crippen LogP contribution in [0.2, 0.25) is 0 Å². The number of benzene rings is 2. The van der Waals surface area contributed by atoms with Crippen LogP contribution in [0, 0.1) is 12.7 Å². The first kappa shape index (κ1) is 20.8. The molecule has 0 atom stereocenters. The zero-order valence-electron chi connectivity index (χ0n) is 17.2. The maximum absolute atomic E-state index is 13.4. The van der Waals surface area contributed by atoms with Gasteiger partial charge in [-0.1, -0.05) is 29.5 Å². The lowest BCUT2D eigenvalue weighted by atomic mass is 9.99. The highest BCUT2D eigenvalue weighted by Gasteiger charge is 2.39. The van der Waals surface area contributed by atoms with Crippen molar-refractivity contribution in [1.82, 2.24) is 4.90 Å². The highest BCUT2D eigenvalue weighted by Crippen LogP contribution is 2.35. The van der Waals surface area contributed by atoms with Gasteiger partial charge in [0.25, 0.3) is 0 Å². The van der Waals surface area contributed by atoms with Gasteiger partial charge in [-0.15, -0.1) is 0 Å². The second-order valence-electron chi connectivity index (χ2n) is 7.87. The van der Waals surface area contributed by atoms with Crippen LogP contribution < -0.4 is 5.32 Å². The molecular weight excluding hydrogens is 399 g/mol. The van der Waals surface area contributed by atoms with Crippen LogP contribution in [0.1, 0.15) is 24.0 Å². The summed E-state index contributed by atoms with van der Waals surface area (Å²) in [4.78, 5) is 24.7. The van der Waals surface area contributed by atoms with Crippen molar-refractivity contribution in [3.8, 4) is 0 Å². The lowest BCUT2D eigenvalue weighted by Gasteiger charge is -2.33. The predicted molar refractivity (Wildman–Crippen MR) is 122 cm³/mol. The van der Waals surface area contributed by atoms with Crippen molar-refractivity contribution in [3.63, 3.8) is 0 Å². The number of aryl methyl sites for hydroxylation is 1. The largest absolute Gasteiger partial charge is 0.325 e. The highest BCUT2D eigenvalue weighted by molar-refractivity contribution is 8.16. The van der Waals surface area contributed by atoms with Gasteiger partial charge in [-0.3, -0.25) is 9.79 Å². The number of likely N-dealkylation sites (tertiary alicyclic amines) is 1. The molecule has 1 saturated heterocycles. The first-order valence-corrected chi connectivity index (χ1v) is 11.0. The van der Waals surface area contributed by atoms with E-state index in [9.17, 15) is 9.18 Å². The number of hydrogen-bond acceptors (Lipinski definition) is 5. The minimum Gasteiger partial charge on any atom is -0.325 e. The van der Waals surface area contributed by atoms with E-state index in [4.69, 9.17) is 9.98 Å². The monoisotopic (exact) mass is 424 g/mol. The summed E-state index contributed by atoms with van der Waals surface area (Å²) in [6, 6.07) is 14.0. The van der Waals surface area contributed by atoms with Crippen molar-refractivity contribution in [3.05, 3.63) is 65.5 Å². The SMILES string of the molecule is Cc1ccc(NC(=O)CSC2=NC3(CCN(C)CC3)N=C2c2ccc(F)cc2)cc1. The van der Waals surface area contributed by atoms with E-state index >= 15 is 0 Å². The molecular formula is C23H25FN4OS. The Balaban J connectivity index is 1.50. The van der Waals surface area contributed by atoms with E-state index in [0.29, 0.717) is 0 Å². The van der Waals surface area contributed by atoms with E-state index in [-0.39, 0.29) is 17.5 Å². The number of hydrogen-bond donors (Lipinski definition) is 1. The lowest BCUT2D eigenvalue weighted by molar-refractivity contribution is -0.113. The summed E-state index contributed by atoms with van der Waals surface area (Å²) in [5, 5.41) is 3.68. The van der Waals surface area contributed by atoms with Crippen molar-refractivity contribution in [2.75, 3.05) is 31.2 Å². The number of nitrogens with zero attached hydrogens (tertiary/aromatic N) is 3. The minimum absolute atomic E-state index is 0.0886. The maximum atomic E-state index is 13.4. The molecule has 2 aromatic rings. The Hall–Kier alpha value is -2.51. The molecule has 1 N–H and O–H groups in total. The number of aliphatic imine (C=N–C) groups is 2. The molecule has 0 aromatic heterocycles. The van der Waals surface area contributed by atoms with Crippen LogP contribution in [0.5, 0.6) is 0 Å². The van der Waals surface area contributed by atoms with Crippen LogP contribution in [0.4, 0.5) is 10.1 Å². The molecule has 0 radical (unpaired) electrons. The highest BCUT2D eigenvalue weighted by atomic mass is 32.2. The zero-order valence-corrected chi connectivity index (χ0v) is 18.0. The summed E-state index contributed by atoms with van der Waals surface area (Å²) in [6.45, 7) is 3.86. The number of rotatable bonds is 4. The van der Waals surface area contributed by atoms with Gasteiger partial charge in [0.1, 0.15) is 10.9 Å². The van der Waals surface area contributed by atoms with Gasteiger partial charge in [-0.2, -0.15) is 0 Å². The van der Waals surface area contributed by atoms with Gasteiger partial charge in [0.05, 0.1) is 11.5 Å². The van der Waals surface area contributed by atoms with Crippen LogP contribution >= 0.6 is 11.8 Å². The summed E-state index contributed by atoms with van der Waals surface area (Å²) >= 11 is 1.39. The van der Waals surface area contributed by atoms with E-state index in [2.05, 4.69) is 17.3 Å². The summed E-state index contributed by atoms with van der Waals surface area (Å²) in [5.41, 5.74) is 3.04. The fraction of sp³-hybridized carbons (Fsp3) is 0.348. The molecule has 2 heterocycles. The van der Waals surface area contributed by atoms with Crippen LogP contribution in [0.3, 0.4) is 0 Å². The molecule has 2 aliphatic rings. The Bertz CT molecular complexity index is 977. The molecule has 1 amide bonds. The second kappa shape index (κ2) is 8.70. The minimum atomic E-state index is -0.466. The fourth-order valence-corrected chi connectivity index (χ4v) is 4.46. The average molecular weight is 425 g/mol. The Morgan fingerprint density at radius 1 is 1.10 bits per heavy atom. The molecule has 1 spiro atoms. The molecule has 4 rings (SSSR count). The van der Waals surface area contributed by atoms with Gasteiger partial charge in [0, 0.05) is 37.2 Å². The van der Waals surface area contributed by atoms with E-state index in [1.807, 2.05) is 31.2 Å². The third-order valence-corrected chi connectivity index (χ3v) is 6.38. The van der Waals surface area contributed by atoms with Gasteiger partial charge in [0.2, 0.25) is 5.91 Å². The van der Waals surface area contributed by atoms with Gasteiger partial charge in [-0.25, -0.2) is 9.38 Å². The van der Waals surface area contributed by atoms with E-state index in [1.165, 1.54) is 23.9 Å². The summed E-state index contributed by atoms with van der Waals surface area (Å²) < 4.78 is 13.4. The number of carbonyl (C=O) groups excluding carboxylic acids is 1. The molecule has 5 nitrogen and oxygen atoms in total. The first-order chi connectivity index (χ1) is 14.4. The number of carbonyl (C=O) groups is 1. The van der Waals surface area contributed by atoms with Gasteiger partial charge in [0.15, 0.2) is 5.66 Å². The number of piperidine rings is 1. The standard InChI is InChI=1S/C23H25FN4OS/c1-16-3-9-19(10-4-16)25-20(29)15-30-22-21(17-5-7-18(24)8-6-17)26-23(27-22)11-13-28(2)14-12-23/h3-10H,11-15H2,1-2H3,(H,25,29). The number of thioether (sulfide) groups is 1.